The summed E-state index contributed by atoms with van der Waals surface area (Å²) in [7, 11) is 1.72. The van der Waals surface area contributed by atoms with Crippen LogP contribution in [0.4, 0.5) is 0 Å². The zero-order valence-electron chi connectivity index (χ0n) is 10.9. The molecule has 0 aromatic heterocycles. The average Bonchev–Trinajstić information content (AvgIpc) is 2.35. The normalized spacial score (nSPS) is 13.6. The molecule has 0 fully saturated rings. The molecule has 96 valence electrons. The van der Waals surface area contributed by atoms with E-state index in [2.05, 4.69) is 19.2 Å². The highest BCUT2D eigenvalue weighted by Crippen LogP contribution is 2.13. The minimum absolute atomic E-state index is 0.106. The number of hydrogen-bond donors (Lipinski definition) is 2. The highest BCUT2D eigenvalue weighted by Gasteiger charge is 2.15. The zero-order valence-corrected chi connectivity index (χ0v) is 10.9. The van der Waals surface area contributed by atoms with E-state index in [1.807, 2.05) is 30.3 Å². The highest BCUT2D eigenvalue weighted by atomic mass is 16.5. The molecule has 1 unspecified atom stereocenters. The monoisotopic (exact) mass is 237 g/mol. The second-order valence-electron chi connectivity index (χ2n) is 4.84. The first-order valence-electron chi connectivity index (χ1n) is 6.04. The molecule has 3 heteroatoms. The minimum Gasteiger partial charge on any atom is -0.387 e. The molecule has 1 aromatic carbocycles. The van der Waals surface area contributed by atoms with E-state index in [0.717, 1.165) is 18.5 Å². The fraction of sp³-hybridized carbons (Fsp3) is 0.571. The Morgan fingerprint density at radius 2 is 1.94 bits per heavy atom. The largest absolute Gasteiger partial charge is 0.387 e. The number of benzene rings is 1. The Morgan fingerprint density at radius 1 is 1.29 bits per heavy atom. The van der Waals surface area contributed by atoms with Crippen molar-refractivity contribution >= 4 is 0 Å². The van der Waals surface area contributed by atoms with Gasteiger partial charge in [-0.15, -0.1) is 0 Å². The fourth-order valence-corrected chi connectivity index (χ4v) is 1.52. The van der Waals surface area contributed by atoms with E-state index < -0.39 is 6.10 Å². The van der Waals surface area contributed by atoms with Crippen molar-refractivity contribution in [3.63, 3.8) is 0 Å². The summed E-state index contributed by atoms with van der Waals surface area (Å²) in [6.45, 7) is 5.53. The molecule has 0 aliphatic rings. The number of rotatable bonds is 7. The number of ether oxygens (including phenoxy) is 1. The van der Waals surface area contributed by atoms with Crippen molar-refractivity contribution in [3.05, 3.63) is 35.9 Å². The number of hydrogen-bond acceptors (Lipinski definition) is 3. The van der Waals surface area contributed by atoms with Crippen LogP contribution in [-0.4, -0.2) is 30.9 Å². The van der Waals surface area contributed by atoms with Crippen molar-refractivity contribution in [2.24, 2.45) is 0 Å². The second-order valence-corrected chi connectivity index (χ2v) is 4.84. The topological polar surface area (TPSA) is 41.5 Å². The van der Waals surface area contributed by atoms with E-state index in [1.54, 1.807) is 7.11 Å². The Balaban J connectivity index is 2.24. The molecule has 0 bridgehead atoms. The third-order valence-corrected chi connectivity index (χ3v) is 2.98. The van der Waals surface area contributed by atoms with Crippen molar-refractivity contribution in [1.29, 1.82) is 0 Å². The molecule has 0 saturated heterocycles. The molecular weight excluding hydrogens is 214 g/mol. The lowest BCUT2D eigenvalue weighted by molar-refractivity contribution is 0.0152. The molecule has 0 spiro atoms. The van der Waals surface area contributed by atoms with Crippen LogP contribution in [0.3, 0.4) is 0 Å². The maximum Gasteiger partial charge on any atom is 0.0914 e. The van der Waals surface area contributed by atoms with Gasteiger partial charge >= 0.3 is 0 Å². The van der Waals surface area contributed by atoms with Gasteiger partial charge in [-0.1, -0.05) is 30.3 Å². The van der Waals surface area contributed by atoms with Crippen molar-refractivity contribution in [1.82, 2.24) is 5.32 Å². The van der Waals surface area contributed by atoms with Gasteiger partial charge in [0.1, 0.15) is 0 Å². The summed E-state index contributed by atoms with van der Waals surface area (Å²) in [5, 5.41) is 13.2. The van der Waals surface area contributed by atoms with Crippen LogP contribution in [0.15, 0.2) is 30.3 Å². The van der Waals surface area contributed by atoms with Crippen LogP contribution in [0, 0.1) is 0 Å². The lowest BCUT2D eigenvalue weighted by Gasteiger charge is -2.23. The molecule has 17 heavy (non-hydrogen) atoms. The average molecular weight is 237 g/mol. The maximum atomic E-state index is 9.91. The summed E-state index contributed by atoms with van der Waals surface area (Å²) in [5.41, 5.74) is 0.844. The Bertz CT molecular complexity index is 311. The summed E-state index contributed by atoms with van der Waals surface area (Å²) in [5.74, 6) is 0. The van der Waals surface area contributed by atoms with Crippen LogP contribution in [0.2, 0.25) is 0 Å². The Labute approximate surface area is 104 Å². The first-order valence-corrected chi connectivity index (χ1v) is 6.04. The molecule has 0 aliphatic carbocycles. The van der Waals surface area contributed by atoms with Crippen LogP contribution < -0.4 is 5.32 Å². The van der Waals surface area contributed by atoms with Gasteiger partial charge in [0.2, 0.25) is 0 Å². The van der Waals surface area contributed by atoms with Gasteiger partial charge in [-0.2, -0.15) is 0 Å². The summed E-state index contributed by atoms with van der Waals surface area (Å²) in [4.78, 5) is 0. The second kappa shape index (κ2) is 6.74. The Hall–Kier alpha value is -0.900. The van der Waals surface area contributed by atoms with Gasteiger partial charge in [-0.3, -0.25) is 0 Å². The zero-order chi connectivity index (χ0) is 12.7. The number of methoxy groups -OCH3 is 1. The number of aliphatic hydroxyl groups excluding tert-OH is 1. The van der Waals surface area contributed by atoms with Crippen molar-refractivity contribution < 1.29 is 9.84 Å². The molecular formula is C14H23NO2. The van der Waals surface area contributed by atoms with Crippen LogP contribution in [0.5, 0.6) is 0 Å². The van der Waals surface area contributed by atoms with E-state index in [-0.39, 0.29) is 5.60 Å². The molecule has 2 N–H and O–H groups in total. The lowest BCUT2D eigenvalue weighted by Crippen LogP contribution is -2.30. The predicted molar refractivity (Wildman–Crippen MR) is 70.0 cm³/mol. The SMILES string of the molecule is COC(C)(C)CCNCC(O)c1ccccc1. The van der Waals surface area contributed by atoms with Gasteiger partial charge < -0.3 is 15.2 Å². The number of nitrogens with one attached hydrogen (secondary N) is 1. The molecule has 0 aliphatic heterocycles. The standard InChI is InChI=1S/C14H23NO2/c1-14(2,17-3)9-10-15-11-13(16)12-7-5-4-6-8-12/h4-8,13,15-16H,9-11H2,1-3H3. The van der Waals surface area contributed by atoms with Gasteiger partial charge in [0, 0.05) is 13.7 Å². The van der Waals surface area contributed by atoms with Crippen molar-refractivity contribution in [2.75, 3.05) is 20.2 Å². The predicted octanol–water partition coefficient (Wildman–Crippen LogP) is 2.12. The van der Waals surface area contributed by atoms with Crippen molar-refractivity contribution in [2.45, 2.75) is 32.0 Å². The third kappa shape index (κ3) is 5.31. The van der Waals surface area contributed by atoms with Crippen LogP contribution in [0.25, 0.3) is 0 Å². The van der Waals surface area contributed by atoms with Gasteiger partial charge in [-0.05, 0) is 32.4 Å². The molecule has 1 atom stereocenters. The molecule has 0 amide bonds. The van der Waals surface area contributed by atoms with Crippen LogP contribution in [0.1, 0.15) is 31.9 Å². The summed E-state index contributed by atoms with van der Waals surface area (Å²) in [6.07, 6.45) is 0.479. The first-order chi connectivity index (χ1) is 8.05. The molecule has 1 rings (SSSR count). The fourth-order valence-electron chi connectivity index (χ4n) is 1.52. The van der Waals surface area contributed by atoms with Gasteiger partial charge in [0.25, 0.3) is 0 Å². The smallest absolute Gasteiger partial charge is 0.0914 e. The molecule has 0 heterocycles. The highest BCUT2D eigenvalue weighted by molar-refractivity contribution is 5.17. The van der Waals surface area contributed by atoms with Crippen molar-refractivity contribution in [3.8, 4) is 0 Å². The lowest BCUT2D eigenvalue weighted by atomic mass is 10.1. The van der Waals surface area contributed by atoms with Crippen LogP contribution >= 0.6 is 0 Å². The van der Waals surface area contributed by atoms with Gasteiger partial charge in [0.15, 0.2) is 0 Å². The van der Waals surface area contributed by atoms with E-state index in [9.17, 15) is 5.11 Å². The van der Waals surface area contributed by atoms with E-state index in [1.165, 1.54) is 0 Å². The molecule has 1 aromatic rings. The molecule has 3 nitrogen and oxygen atoms in total. The van der Waals surface area contributed by atoms with Crippen LogP contribution in [-0.2, 0) is 4.74 Å². The third-order valence-electron chi connectivity index (χ3n) is 2.98. The van der Waals surface area contributed by atoms with E-state index >= 15 is 0 Å². The maximum absolute atomic E-state index is 9.91. The molecule has 0 saturated carbocycles. The molecule has 0 radical (unpaired) electrons. The van der Waals surface area contributed by atoms with Gasteiger partial charge in [-0.25, -0.2) is 0 Å². The number of aliphatic hydroxyl groups is 1. The first kappa shape index (κ1) is 14.2. The summed E-state index contributed by atoms with van der Waals surface area (Å²) in [6, 6.07) is 9.70. The van der Waals surface area contributed by atoms with E-state index in [0.29, 0.717) is 6.54 Å². The Kier molecular flexibility index (Phi) is 5.62. The summed E-state index contributed by atoms with van der Waals surface area (Å²) >= 11 is 0. The summed E-state index contributed by atoms with van der Waals surface area (Å²) < 4.78 is 5.33. The quantitative estimate of drug-likeness (QED) is 0.714. The van der Waals surface area contributed by atoms with E-state index in [4.69, 9.17) is 4.74 Å². The minimum atomic E-state index is -0.443. The Morgan fingerprint density at radius 3 is 2.53 bits per heavy atom. The van der Waals surface area contributed by atoms with Gasteiger partial charge in [0.05, 0.1) is 11.7 Å².